The molecule has 0 aromatic heterocycles. The summed E-state index contributed by atoms with van der Waals surface area (Å²) in [7, 11) is -2.37. The molecule has 0 spiro atoms. The molecule has 180 valence electrons. The highest BCUT2D eigenvalue weighted by Crippen LogP contribution is 2.28. The summed E-state index contributed by atoms with van der Waals surface area (Å²) in [6.07, 6.45) is 1.35. The molecule has 1 N–H and O–H groups in total. The number of benzene rings is 2. The molecule has 2 aliphatic rings. The van der Waals surface area contributed by atoms with Gasteiger partial charge in [0.2, 0.25) is 10.0 Å². The first-order chi connectivity index (χ1) is 16.4. The van der Waals surface area contributed by atoms with Crippen molar-refractivity contribution >= 4 is 21.6 Å². The van der Waals surface area contributed by atoms with Gasteiger partial charge in [-0.25, -0.2) is 13.1 Å². The molecule has 0 radical (unpaired) electrons. The lowest BCUT2D eigenvalue weighted by Gasteiger charge is -2.36. The van der Waals surface area contributed by atoms with Crippen LogP contribution in [-0.4, -0.2) is 71.8 Å². The number of nitrogens with zero attached hydrogens (tertiary/aromatic N) is 3. The van der Waals surface area contributed by atoms with Gasteiger partial charge in [-0.2, -0.15) is 5.26 Å². The van der Waals surface area contributed by atoms with E-state index in [1.54, 1.807) is 23.1 Å². The summed E-state index contributed by atoms with van der Waals surface area (Å²) in [6.45, 7) is 3.41. The standard InChI is InChI=1S/C24H28N4O5S/c1-26-34(30,31)21-6-7-23(33-20-8-14-32-15-9-20)22(16-21)24(29)28-12-10-27(11-13-28)19-4-2-18(17-25)3-5-19/h2-7,16,20,26H,8-15H2,1H3. The summed E-state index contributed by atoms with van der Waals surface area (Å²) < 4.78 is 38.6. The van der Waals surface area contributed by atoms with Crippen molar-refractivity contribution in [1.82, 2.24) is 9.62 Å². The van der Waals surface area contributed by atoms with Crippen molar-refractivity contribution < 1.29 is 22.7 Å². The van der Waals surface area contributed by atoms with Crippen LogP contribution in [0.1, 0.15) is 28.8 Å². The minimum absolute atomic E-state index is 0.0221. The normalized spacial score (nSPS) is 17.3. The predicted molar refractivity (Wildman–Crippen MR) is 126 cm³/mol. The summed E-state index contributed by atoms with van der Waals surface area (Å²) in [5.41, 5.74) is 1.84. The van der Waals surface area contributed by atoms with Crippen molar-refractivity contribution in [3.8, 4) is 11.8 Å². The van der Waals surface area contributed by atoms with Gasteiger partial charge in [-0.05, 0) is 49.5 Å². The first-order valence-corrected chi connectivity index (χ1v) is 12.8. The molecule has 4 rings (SSSR count). The molecular weight excluding hydrogens is 456 g/mol. The Morgan fingerprint density at radius 2 is 1.76 bits per heavy atom. The summed E-state index contributed by atoms with van der Waals surface area (Å²) in [5.74, 6) is 0.135. The molecule has 0 saturated carbocycles. The molecule has 0 bridgehead atoms. The van der Waals surface area contributed by atoms with E-state index in [-0.39, 0.29) is 22.5 Å². The van der Waals surface area contributed by atoms with Gasteiger partial charge < -0.3 is 19.3 Å². The van der Waals surface area contributed by atoms with Gasteiger partial charge in [0.25, 0.3) is 5.91 Å². The van der Waals surface area contributed by atoms with E-state index in [1.807, 2.05) is 12.1 Å². The van der Waals surface area contributed by atoms with Crippen LogP contribution in [0, 0.1) is 11.3 Å². The fourth-order valence-electron chi connectivity index (χ4n) is 4.12. The Balaban J connectivity index is 1.53. The first kappa shape index (κ1) is 24.0. The van der Waals surface area contributed by atoms with Gasteiger partial charge in [-0.15, -0.1) is 0 Å². The van der Waals surface area contributed by atoms with Crippen molar-refractivity contribution in [1.29, 1.82) is 5.26 Å². The molecule has 10 heteroatoms. The molecule has 2 fully saturated rings. The number of nitriles is 1. The number of rotatable bonds is 6. The van der Waals surface area contributed by atoms with Crippen LogP contribution in [0.15, 0.2) is 47.4 Å². The van der Waals surface area contributed by atoms with E-state index in [9.17, 15) is 13.2 Å². The maximum absolute atomic E-state index is 13.5. The summed E-state index contributed by atoms with van der Waals surface area (Å²) in [5, 5.41) is 8.99. The van der Waals surface area contributed by atoms with E-state index in [4.69, 9.17) is 14.7 Å². The Morgan fingerprint density at radius 1 is 1.09 bits per heavy atom. The number of ether oxygens (including phenoxy) is 2. The number of hydrogen-bond donors (Lipinski definition) is 1. The van der Waals surface area contributed by atoms with Crippen LogP contribution < -0.4 is 14.4 Å². The van der Waals surface area contributed by atoms with Crippen LogP contribution in [0.25, 0.3) is 0 Å². The predicted octanol–water partition coefficient (Wildman–Crippen LogP) is 1.99. The van der Waals surface area contributed by atoms with Crippen LogP contribution in [0.4, 0.5) is 5.69 Å². The minimum atomic E-state index is -3.71. The SMILES string of the molecule is CNS(=O)(=O)c1ccc(OC2CCOCC2)c(C(=O)N2CCN(c3ccc(C#N)cc3)CC2)c1. The van der Waals surface area contributed by atoms with Gasteiger partial charge in [-0.3, -0.25) is 4.79 Å². The van der Waals surface area contributed by atoms with Crippen molar-refractivity contribution in [2.75, 3.05) is 51.3 Å². The lowest BCUT2D eigenvalue weighted by Crippen LogP contribution is -2.49. The van der Waals surface area contributed by atoms with Crippen LogP contribution in [0.3, 0.4) is 0 Å². The van der Waals surface area contributed by atoms with E-state index in [0.717, 1.165) is 5.69 Å². The first-order valence-electron chi connectivity index (χ1n) is 11.3. The number of amides is 1. The molecular formula is C24H28N4O5S. The zero-order chi connectivity index (χ0) is 24.1. The smallest absolute Gasteiger partial charge is 0.257 e. The average Bonchev–Trinajstić information content (AvgIpc) is 2.89. The van der Waals surface area contributed by atoms with Crippen LogP contribution in [0.2, 0.25) is 0 Å². The van der Waals surface area contributed by atoms with Gasteiger partial charge in [0.1, 0.15) is 11.9 Å². The molecule has 2 saturated heterocycles. The highest BCUT2D eigenvalue weighted by atomic mass is 32.2. The number of hydrogen-bond acceptors (Lipinski definition) is 7. The van der Waals surface area contributed by atoms with E-state index in [2.05, 4.69) is 15.7 Å². The Hall–Kier alpha value is -3.13. The largest absolute Gasteiger partial charge is 0.489 e. The molecule has 0 aliphatic carbocycles. The summed E-state index contributed by atoms with van der Waals surface area (Å²) >= 11 is 0. The van der Waals surface area contributed by atoms with Crippen molar-refractivity contribution in [3.63, 3.8) is 0 Å². The summed E-state index contributed by atoms with van der Waals surface area (Å²) in [4.78, 5) is 17.4. The third-order valence-electron chi connectivity index (χ3n) is 6.15. The number of anilines is 1. The fourth-order valence-corrected chi connectivity index (χ4v) is 4.88. The maximum Gasteiger partial charge on any atom is 0.257 e. The molecule has 2 aromatic carbocycles. The molecule has 9 nitrogen and oxygen atoms in total. The number of sulfonamides is 1. The Morgan fingerprint density at radius 3 is 2.38 bits per heavy atom. The second kappa shape index (κ2) is 10.4. The van der Waals surface area contributed by atoms with E-state index < -0.39 is 10.0 Å². The van der Waals surface area contributed by atoms with Crippen LogP contribution >= 0.6 is 0 Å². The quantitative estimate of drug-likeness (QED) is 0.667. The maximum atomic E-state index is 13.5. The van der Waals surface area contributed by atoms with Crippen LogP contribution in [0.5, 0.6) is 5.75 Å². The van der Waals surface area contributed by atoms with Gasteiger partial charge in [-0.1, -0.05) is 0 Å². The second-order valence-corrected chi connectivity index (χ2v) is 10.1. The number of carbonyl (C=O) groups excluding carboxylic acids is 1. The van der Waals surface area contributed by atoms with Crippen molar-refractivity contribution in [2.24, 2.45) is 0 Å². The Bertz CT molecular complexity index is 1160. The molecule has 0 atom stereocenters. The number of piperazine rings is 1. The van der Waals surface area contributed by atoms with Crippen molar-refractivity contribution in [3.05, 3.63) is 53.6 Å². The Kier molecular flexibility index (Phi) is 7.36. The fraction of sp³-hybridized carbons (Fsp3) is 0.417. The lowest BCUT2D eigenvalue weighted by atomic mass is 10.1. The van der Waals surface area contributed by atoms with E-state index in [0.29, 0.717) is 63.5 Å². The lowest BCUT2D eigenvalue weighted by molar-refractivity contribution is 0.0249. The highest BCUT2D eigenvalue weighted by Gasteiger charge is 2.28. The minimum Gasteiger partial charge on any atom is -0.489 e. The molecule has 0 unspecified atom stereocenters. The molecule has 2 aromatic rings. The van der Waals surface area contributed by atoms with Crippen LogP contribution in [-0.2, 0) is 14.8 Å². The highest BCUT2D eigenvalue weighted by molar-refractivity contribution is 7.89. The third kappa shape index (κ3) is 5.33. The van der Waals surface area contributed by atoms with Crippen molar-refractivity contribution in [2.45, 2.75) is 23.8 Å². The Labute approximate surface area is 199 Å². The second-order valence-electron chi connectivity index (χ2n) is 8.23. The number of nitrogens with one attached hydrogen (secondary N) is 1. The third-order valence-corrected chi connectivity index (χ3v) is 7.56. The monoisotopic (exact) mass is 484 g/mol. The van der Waals surface area contributed by atoms with Gasteiger partial charge in [0.15, 0.2) is 0 Å². The van der Waals surface area contributed by atoms with Gasteiger partial charge in [0.05, 0.1) is 35.3 Å². The van der Waals surface area contributed by atoms with Gasteiger partial charge in [0, 0.05) is 44.7 Å². The van der Waals surface area contributed by atoms with E-state index in [1.165, 1.54) is 19.2 Å². The molecule has 2 heterocycles. The number of carbonyl (C=O) groups is 1. The topological polar surface area (TPSA) is 112 Å². The average molecular weight is 485 g/mol. The molecule has 1 amide bonds. The van der Waals surface area contributed by atoms with E-state index >= 15 is 0 Å². The molecule has 34 heavy (non-hydrogen) atoms. The summed E-state index contributed by atoms with van der Waals surface area (Å²) in [6, 6.07) is 13.9. The zero-order valence-electron chi connectivity index (χ0n) is 19.1. The van der Waals surface area contributed by atoms with Gasteiger partial charge >= 0.3 is 0 Å². The zero-order valence-corrected chi connectivity index (χ0v) is 19.9. The molecule has 2 aliphatic heterocycles.